The standard InChI is InChI=1S/C25H30N2O4S/c1-15-21(16(2)31-27-15)13-30-24(29)20-5-3-4-6-22(20)32-14-23(28)26-25-10-17-7-18(11-25)9-19(8-17)12-25/h3-6,17-19H,7-14H2,1-2H3,(H,26,28). The van der Waals surface area contributed by atoms with Gasteiger partial charge in [-0.1, -0.05) is 17.3 Å². The van der Waals surface area contributed by atoms with Crippen molar-refractivity contribution in [2.75, 3.05) is 5.75 Å². The smallest absolute Gasteiger partial charge is 0.339 e. The molecule has 1 heterocycles. The fourth-order valence-electron chi connectivity index (χ4n) is 6.42. The largest absolute Gasteiger partial charge is 0.457 e. The number of benzene rings is 1. The zero-order chi connectivity index (χ0) is 22.3. The van der Waals surface area contributed by atoms with E-state index in [4.69, 9.17) is 9.26 Å². The van der Waals surface area contributed by atoms with Crippen molar-refractivity contribution < 1.29 is 18.8 Å². The summed E-state index contributed by atoms with van der Waals surface area (Å²) >= 11 is 1.40. The van der Waals surface area contributed by atoms with Crippen LogP contribution >= 0.6 is 11.8 Å². The number of nitrogens with zero attached hydrogens (tertiary/aromatic N) is 1. The van der Waals surface area contributed by atoms with Crippen molar-refractivity contribution in [1.29, 1.82) is 0 Å². The molecule has 1 N–H and O–H groups in total. The highest BCUT2D eigenvalue weighted by molar-refractivity contribution is 8.00. The van der Waals surface area contributed by atoms with E-state index in [9.17, 15) is 9.59 Å². The lowest BCUT2D eigenvalue weighted by Gasteiger charge is -2.56. The van der Waals surface area contributed by atoms with Crippen LogP contribution in [0.3, 0.4) is 0 Å². The van der Waals surface area contributed by atoms with Crippen LogP contribution < -0.4 is 5.32 Å². The van der Waals surface area contributed by atoms with Crippen molar-refractivity contribution in [2.45, 2.75) is 69.4 Å². The molecule has 0 radical (unpaired) electrons. The van der Waals surface area contributed by atoms with E-state index in [2.05, 4.69) is 10.5 Å². The van der Waals surface area contributed by atoms with Gasteiger partial charge in [-0.3, -0.25) is 4.79 Å². The maximum absolute atomic E-state index is 12.9. The molecule has 1 amide bonds. The molecule has 4 aliphatic rings. The molecule has 6 rings (SSSR count). The van der Waals surface area contributed by atoms with E-state index in [-0.39, 0.29) is 18.1 Å². The summed E-state index contributed by atoms with van der Waals surface area (Å²) in [5.41, 5.74) is 2.00. The molecule has 0 atom stereocenters. The fraction of sp³-hybridized carbons (Fsp3) is 0.560. The van der Waals surface area contributed by atoms with Gasteiger partial charge in [0.1, 0.15) is 12.4 Å². The minimum Gasteiger partial charge on any atom is -0.457 e. The molecule has 0 spiro atoms. The van der Waals surface area contributed by atoms with Gasteiger partial charge in [0.15, 0.2) is 0 Å². The zero-order valence-electron chi connectivity index (χ0n) is 18.7. The van der Waals surface area contributed by atoms with Crippen molar-refractivity contribution in [3.8, 4) is 0 Å². The number of carbonyl (C=O) groups excluding carboxylic acids is 2. The zero-order valence-corrected chi connectivity index (χ0v) is 19.5. The predicted octanol–water partition coefficient (Wildman–Crippen LogP) is 4.83. The number of amides is 1. The number of ether oxygens (including phenoxy) is 1. The first kappa shape index (κ1) is 21.6. The molecule has 0 unspecified atom stereocenters. The molecule has 0 aliphatic heterocycles. The van der Waals surface area contributed by atoms with Gasteiger partial charge in [-0.2, -0.15) is 0 Å². The van der Waals surface area contributed by atoms with Gasteiger partial charge in [-0.05, 0) is 82.3 Å². The maximum Gasteiger partial charge on any atom is 0.339 e. The van der Waals surface area contributed by atoms with Gasteiger partial charge < -0.3 is 14.6 Å². The van der Waals surface area contributed by atoms with Crippen LogP contribution in [-0.4, -0.2) is 28.3 Å². The molecule has 4 fully saturated rings. The van der Waals surface area contributed by atoms with Crippen LogP contribution in [0.25, 0.3) is 0 Å². The summed E-state index contributed by atoms with van der Waals surface area (Å²) in [7, 11) is 0. The van der Waals surface area contributed by atoms with Gasteiger partial charge in [-0.25, -0.2) is 4.79 Å². The van der Waals surface area contributed by atoms with Crippen LogP contribution in [0.15, 0.2) is 33.7 Å². The summed E-state index contributed by atoms with van der Waals surface area (Å²) in [6.45, 7) is 3.74. The number of aryl methyl sites for hydroxylation is 2. The third-order valence-electron chi connectivity index (χ3n) is 7.44. The lowest BCUT2D eigenvalue weighted by molar-refractivity contribution is -0.124. The number of rotatable bonds is 7. The minimum atomic E-state index is -0.408. The van der Waals surface area contributed by atoms with Crippen molar-refractivity contribution in [2.24, 2.45) is 17.8 Å². The van der Waals surface area contributed by atoms with E-state index in [1.165, 1.54) is 31.0 Å². The molecule has 4 aliphatic carbocycles. The second-order valence-electron chi connectivity index (χ2n) is 9.91. The molecular weight excluding hydrogens is 424 g/mol. The molecule has 1 aromatic heterocycles. The number of nitrogens with one attached hydrogen (secondary N) is 1. The second-order valence-corrected chi connectivity index (χ2v) is 10.9. The molecule has 170 valence electrons. The molecule has 0 saturated heterocycles. The normalized spacial score (nSPS) is 28.0. The van der Waals surface area contributed by atoms with E-state index in [0.29, 0.717) is 17.1 Å². The summed E-state index contributed by atoms with van der Waals surface area (Å²) in [6.07, 6.45) is 7.48. The van der Waals surface area contributed by atoms with Gasteiger partial charge in [0.05, 0.1) is 22.6 Å². The molecule has 2 aromatic rings. The Kier molecular flexibility index (Phi) is 5.78. The third-order valence-corrected chi connectivity index (χ3v) is 8.51. The van der Waals surface area contributed by atoms with Crippen LogP contribution in [0.1, 0.15) is 65.9 Å². The fourth-order valence-corrected chi connectivity index (χ4v) is 7.26. The first-order valence-electron chi connectivity index (χ1n) is 11.5. The number of thioether (sulfide) groups is 1. The number of carbonyl (C=O) groups is 2. The summed E-state index contributed by atoms with van der Waals surface area (Å²) < 4.78 is 10.7. The Morgan fingerprint density at radius 2 is 1.78 bits per heavy atom. The molecule has 6 nitrogen and oxygen atoms in total. The van der Waals surface area contributed by atoms with Crippen molar-refractivity contribution in [3.05, 3.63) is 46.8 Å². The molecule has 1 aromatic carbocycles. The highest BCUT2D eigenvalue weighted by Gasteiger charge is 2.51. The summed E-state index contributed by atoms with van der Waals surface area (Å²) in [4.78, 5) is 26.4. The Hall–Kier alpha value is -2.28. The number of esters is 1. The third kappa shape index (κ3) is 4.32. The summed E-state index contributed by atoms with van der Waals surface area (Å²) in [6, 6.07) is 7.31. The first-order chi connectivity index (χ1) is 15.4. The van der Waals surface area contributed by atoms with Crippen molar-refractivity contribution >= 4 is 23.6 Å². The van der Waals surface area contributed by atoms with E-state index in [1.807, 2.05) is 25.1 Å². The molecular formula is C25H30N2O4S. The van der Waals surface area contributed by atoms with Crippen LogP contribution in [0, 0.1) is 31.6 Å². The monoisotopic (exact) mass is 454 g/mol. The Morgan fingerprint density at radius 3 is 2.41 bits per heavy atom. The topological polar surface area (TPSA) is 81.4 Å². The molecule has 32 heavy (non-hydrogen) atoms. The molecule has 4 bridgehead atoms. The summed E-state index contributed by atoms with van der Waals surface area (Å²) in [5, 5.41) is 7.30. The SMILES string of the molecule is Cc1noc(C)c1COC(=O)c1ccccc1SCC(=O)NC12CC3CC(CC(C3)C1)C2. The second kappa shape index (κ2) is 8.58. The van der Waals surface area contributed by atoms with E-state index in [0.717, 1.165) is 53.2 Å². The molecule has 4 saturated carbocycles. The molecule has 7 heteroatoms. The summed E-state index contributed by atoms with van der Waals surface area (Å²) in [5.74, 6) is 2.99. The maximum atomic E-state index is 12.9. The Labute approximate surface area is 192 Å². The van der Waals surface area contributed by atoms with Crippen LogP contribution in [0.2, 0.25) is 0 Å². The average Bonchev–Trinajstić information content (AvgIpc) is 3.06. The number of aromatic nitrogens is 1. The van der Waals surface area contributed by atoms with Crippen molar-refractivity contribution in [3.63, 3.8) is 0 Å². The van der Waals surface area contributed by atoms with Crippen LogP contribution in [0.5, 0.6) is 0 Å². The van der Waals surface area contributed by atoms with E-state index >= 15 is 0 Å². The Bertz CT molecular complexity index is 976. The van der Waals surface area contributed by atoms with Gasteiger partial charge in [0.25, 0.3) is 0 Å². The van der Waals surface area contributed by atoms with Crippen LogP contribution in [0.4, 0.5) is 0 Å². The highest BCUT2D eigenvalue weighted by atomic mass is 32.2. The lowest BCUT2D eigenvalue weighted by atomic mass is 9.53. The van der Waals surface area contributed by atoms with Gasteiger partial charge in [-0.15, -0.1) is 11.8 Å². The van der Waals surface area contributed by atoms with Gasteiger partial charge >= 0.3 is 5.97 Å². The van der Waals surface area contributed by atoms with Gasteiger partial charge in [0, 0.05) is 10.4 Å². The Balaban J connectivity index is 1.19. The number of hydrogen-bond donors (Lipinski definition) is 1. The van der Waals surface area contributed by atoms with E-state index < -0.39 is 5.97 Å². The minimum absolute atomic E-state index is 0.0131. The number of hydrogen-bond acceptors (Lipinski definition) is 6. The van der Waals surface area contributed by atoms with Crippen molar-refractivity contribution in [1.82, 2.24) is 10.5 Å². The van der Waals surface area contributed by atoms with Crippen LogP contribution in [-0.2, 0) is 16.1 Å². The quantitative estimate of drug-likeness (QED) is 0.477. The predicted molar refractivity (Wildman–Crippen MR) is 121 cm³/mol. The van der Waals surface area contributed by atoms with E-state index in [1.54, 1.807) is 13.0 Å². The first-order valence-corrected chi connectivity index (χ1v) is 12.5. The van der Waals surface area contributed by atoms with Gasteiger partial charge in [0.2, 0.25) is 5.91 Å². The highest BCUT2D eigenvalue weighted by Crippen LogP contribution is 2.55. The Morgan fingerprint density at radius 1 is 1.12 bits per heavy atom. The average molecular weight is 455 g/mol. The lowest BCUT2D eigenvalue weighted by Crippen LogP contribution is -2.60.